The van der Waals surface area contributed by atoms with Crippen molar-refractivity contribution in [2.24, 2.45) is 0 Å². The zero-order valence-electron chi connectivity index (χ0n) is 19.0. The van der Waals surface area contributed by atoms with Crippen LogP contribution in [0.3, 0.4) is 0 Å². The number of anilines is 3. The second kappa shape index (κ2) is 10.4. The summed E-state index contributed by atoms with van der Waals surface area (Å²) in [5.41, 5.74) is 1.52. The number of rotatable bonds is 8. The summed E-state index contributed by atoms with van der Waals surface area (Å²) >= 11 is 11.9. The van der Waals surface area contributed by atoms with Gasteiger partial charge in [0.05, 0.1) is 22.5 Å². The van der Waals surface area contributed by atoms with Crippen molar-refractivity contribution in [1.82, 2.24) is 0 Å². The van der Waals surface area contributed by atoms with Gasteiger partial charge in [0.15, 0.2) is 0 Å². The predicted octanol–water partition coefficient (Wildman–Crippen LogP) is 4.90. The molecule has 186 valence electrons. The molecule has 0 aliphatic carbocycles. The molecule has 1 amide bonds. The van der Waals surface area contributed by atoms with Crippen LogP contribution in [0.2, 0.25) is 10.0 Å². The van der Waals surface area contributed by atoms with Crippen LogP contribution in [-0.2, 0) is 24.8 Å². The van der Waals surface area contributed by atoms with E-state index in [4.69, 9.17) is 23.2 Å². The lowest BCUT2D eigenvalue weighted by Crippen LogP contribution is -2.45. The molecule has 0 aliphatic rings. The lowest BCUT2D eigenvalue weighted by Gasteiger charge is -2.28. The summed E-state index contributed by atoms with van der Waals surface area (Å²) in [5, 5.41) is 3.47. The third kappa shape index (κ3) is 6.46. The molecule has 2 N–H and O–H groups in total. The molecule has 3 aromatic rings. The van der Waals surface area contributed by atoms with E-state index in [0.29, 0.717) is 27.0 Å². The summed E-state index contributed by atoms with van der Waals surface area (Å²) in [6.45, 7) is 3.14. The number of hydrogen-bond donors (Lipinski definition) is 2. The van der Waals surface area contributed by atoms with Gasteiger partial charge >= 0.3 is 0 Å². The van der Waals surface area contributed by atoms with Crippen LogP contribution in [0.15, 0.2) is 71.6 Å². The van der Waals surface area contributed by atoms with Crippen molar-refractivity contribution in [2.75, 3.05) is 20.6 Å². The van der Waals surface area contributed by atoms with Crippen LogP contribution in [0.4, 0.5) is 17.1 Å². The first kappa shape index (κ1) is 26.8. The van der Waals surface area contributed by atoms with Gasteiger partial charge in [-0.15, -0.1) is 0 Å². The number of carbonyl (C=O) groups excluding carboxylic acids is 1. The minimum Gasteiger partial charge on any atom is -0.324 e. The van der Waals surface area contributed by atoms with E-state index in [1.807, 2.05) is 0 Å². The minimum atomic E-state index is -3.91. The van der Waals surface area contributed by atoms with E-state index >= 15 is 0 Å². The Kier molecular flexibility index (Phi) is 8.00. The van der Waals surface area contributed by atoms with Gasteiger partial charge in [-0.25, -0.2) is 16.8 Å². The fourth-order valence-corrected chi connectivity index (χ4v) is 5.88. The van der Waals surface area contributed by atoms with Crippen LogP contribution >= 0.6 is 23.2 Å². The van der Waals surface area contributed by atoms with Crippen molar-refractivity contribution in [3.8, 4) is 0 Å². The molecule has 0 saturated heterocycles. The van der Waals surface area contributed by atoms with E-state index in [-0.39, 0.29) is 10.6 Å². The molecule has 0 saturated carbocycles. The average Bonchev–Trinajstić information content (AvgIpc) is 2.77. The van der Waals surface area contributed by atoms with Gasteiger partial charge in [-0.05, 0) is 80.1 Å². The van der Waals surface area contributed by atoms with Crippen LogP contribution in [0, 0.1) is 6.92 Å². The number of hydrogen-bond acceptors (Lipinski definition) is 5. The monoisotopic (exact) mass is 555 g/mol. The highest BCUT2D eigenvalue weighted by Gasteiger charge is 2.29. The highest BCUT2D eigenvalue weighted by atomic mass is 35.5. The number of halogens is 2. The molecule has 3 rings (SSSR count). The largest absolute Gasteiger partial charge is 0.324 e. The molecule has 0 fully saturated rings. The average molecular weight is 556 g/mol. The fourth-order valence-electron chi connectivity index (χ4n) is 3.28. The van der Waals surface area contributed by atoms with E-state index in [9.17, 15) is 21.6 Å². The van der Waals surface area contributed by atoms with Crippen molar-refractivity contribution in [2.45, 2.75) is 24.8 Å². The van der Waals surface area contributed by atoms with Crippen LogP contribution in [0.1, 0.15) is 12.5 Å². The summed E-state index contributed by atoms with van der Waals surface area (Å²) in [6, 6.07) is 15.3. The summed E-state index contributed by atoms with van der Waals surface area (Å²) in [4.78, 5) is 12.8. The standard InChI is InChI=1S/C23H23Cl2N3O5S2/c1-15-21(25)5-4-6-22(15)27-35(32,33)20-13-9-18(10-14-20)26-23(29)16(2)28(34(3,30)31)19-11-7-17(24)8-12-19/h4-14,16,27H,1-3H3,(H,26,29)/t16-/m0/s1. The van der Waals surface area contributed by atoms with Gasteiger partial charge in [0, 0.05) is 15.7 Å². The molecule has 3 aromatic carbocycles. The Morgan fingerprint density at radius 3 is 2.09 bits per heavy atom. The molecule has 0 aromatic heterocycles. The third-order valence-corrected chi connectivity index (χ3v) is 8.40. The van der Waals surface area contributed by atoms with Crippen LogP contribution in [0.5, 0.6) is 0 Å². The first-order valence-electron chi connectivity index (χ1n) is 10.2. The maximum Gasteiger partial charge on any atom is 0.261 e. The fraction of sp³-hybridized carbons (Fsp3) is 0.174. The summed E-state index contributed by atoms with van der Waals surface area (Å²) < 4.78 is 53.8. The van der Waals surface area contributed by atoms with E-state index in [1.165, 1.54) is 55.5 Å². The molecule has 0 heterocycles. The van der Waals surface area contributed by atoms with Crippen molar-refractivity contribution >= 4 is 66.2 Å². The maximum absolute atomic E-state index is 12.8. The number of sulfonamides is 2. The van der Waals surface area contributed by atoms with Gasteiger partial charge < -0.3 is 5.32 Å². The highest BCUT2D eigenvalue weighted by molar-refractivity contribution is 7.92. The van der Waals surface area contributed by atoms with E-state index in [2.05, 4.69) is 10.0 Å². The molecule has 8 nitrogen and oxygen atoms in total. The normalized spacial score (nSPS) is 12.6. The lowest BCUT2D eigenvalue weighted by atomic mass is 10.2. The first-order valence-corrected chi connectivity index (χ1v) is 14.3. The number of carbonyl (C=O) groups is 1. The third-order valence-electron chi connectivity index (χ3n) is 5.11. The van der Waals surface area contributed by atoms with Gasteiger partial charge in [-0.1, -0.05) is 29.3 Å². The Morgan fingerprint density at radius 1 is 0.914 bits per heavy atom. The summed E-state index contributed by atoms with van der Waals surface area (Å²) in [5.74, 6) is -0.603. The van der Waals surface area contributed by atoms with Gasteiger partial charge in [-0.3, -0.25) is 13.8 Å². The summed E-state index contributed by atoms with van der Waals surface area (Å²) in [6.07, 6.45) is 1.000. The molecule has 0 aliphatic heterocycles. The van der Waals surface area contributed by atoms with Crippen molar-refractivity contribution in [3.05, 3.63) is 82.3 Å². The Morgan fingerprint density at radius 2 is 1.51 bits per heavy atom. The number of benzene rings is 3. The van der Waals surface area contributed by atoms with E-state index in [1.54, 1.807) is 25.1 Å². The summed E-state index contributed by atoms with van der Waals surface area (Å²) in [7, 11) is -7.70. The quantitative estimate of drug-likeness (QED) is 0.410. The Hall–Kier alpha value is -2.79. The van der Waals surface area contributed by atoms with Gasteiger partial charge in [0.2, 0.25) is 15.9 Å². The maximum atomic E-state index is 12.8. The SMILES string of the molecule is Cc1c(Cl)cccc1NS(=O)(=O)c1ccc(NC(=O)[C@H](C)N(c2ccc(Cl)cc2)S(C)(=O)=O)cc1. The predicted molar refractivity (Wildman–Crippen MR) is 140 cm³/mol. The molecule has 0 unspecified atom stereocenters. The molecule has 1 atom stereocenters. The van der Waals surface area contributed by atoms with Crippen molar-refractivity contribution in [3.63, 3.8) is 0 Å². The number of nitrogens with one attached hydrogen (secondary N) is 2. The zero-order chi connectivity index (χ0) is 26.0. The van der Waals surface area contributed by atoms with Crippen molar-refractivity contribution in [1.29, 1.82) is 0 Å². The molecule has 12 heteroatoms. The highest BCUT2D eigenvalue weighted by Crippen LogP contribution is 2.27. The van der Waals surface area contributed by atoms with Crippen molar-refractivity contribution < 1.29 is 21.6 Å². The molecule has 0 bridgehead atoms. The number of nitrogens with zero attached hydrogens (tertiary/aromatic N) is 1. The lowest BCUT2D eigenvalue weighted by molar-refractivity contribution is -0.116. The van der Waals surface area contributed by atoms with Gasteiger partial charge in [0.1, 0.15) is 6.04 Å². The molecule has 0 radical (unpaired) electrons. The van der Waals surface area contributed by atoms with Gasteiger partial charge in [-0.2, -0.15) is 0 Å². The molecular weight excluding hydrogens is 533 g/mol. The van der Waals surface area contributed by atoms with Crippen LogP contribution in [-0.4, -0.2) is 35.0 Å². The van der Waals surface area contributed by atoms with E-state index in [0.717, 1.165) is 10.6 Å². The van der Waals surface area contributed by atoms with Gasteiger partial charge in [0.25, 0.3) is 10.0 Å². The second-order valence-corrected chi connectivity index (χ2v) is 12.1. The zero-order valence-corrected chi connectivity index (χ0v) is 22.1. The minimum absolute atomic E-state index is 0.0261. The van der Waals surface area contributed by atoms with Crippen LogP contribution in [0.25, 0.3) is 0 Å². The first-order chi connectivity index (χ1) is 16.3. The smallest absolute Gasteiger partial charge is 0.261 e. The van der Waals surface area contributed by atoms with E-state index < -0.39 is 32.0 Å². The molecule has 0 spiro atoms. The molecular formula is C23H23Cl2N3O5S2. The Balaban J connectivity index is 1.77. The molecule has 35 heavy (non-hydrogen) atoms. The second-order valence-electron chi connectivity index (χ2n) is 7.74. The van der Waals surface area contributed by atoms with Crippen LogP contribution < -0.4 is 14.3 Å². The Bertz CT molecular complexity index is 1440. The Labute approximate surface area is 215 Å². The number of amides is 1. The topological polar surface area (TPSA) is 113 Å².